The zero-order chi connectivity index (χ0) is 16.7. The highest BCUT2D eigenvalue weighted by Crippen LogP contribution is 2.30. The van der Waals surface area contributed by atoms with Crippen LogP contribution in [0.15, 0.2) is 42.6 Å². The predicted octanol–water partition coefficient (Wildman–Crippen LogP) is 3.29. The fourth-order valence-corrected chi connectivity index (χ4v) is 2.61. The molecule has 2 aromatic heterocycles. The molecule has 0 fully saturated rings. The Morgan fingerprint density at radius 3 is 2.79 bits per heavy atom. The minimum atomic E-state index is -4.41. The second kappa shape index (κ2) is 5.40. The molecule has 5 nitrogen and oxygen atoms in total. The molecule has 0 unspecified atom stereocenters. The van der Waals surface area contributed by atoms with Crippen LogP contribution in [0.5, 0.6) is 11.9 Å². The van der Waals surface area contributed by atoms with Gasteiger partial charge in [-0.2, -0.15) is 18.2 Å². The second-order valence-corrected chi connectivity index (χ2v) is 5.43. The molecular weight excluding hydrogens is 323 g/mol. The van der Waals surface area contributed by atoms with Gasteiger partial charge in [-0.1, -0.05) is 12.1 Å². The van der Waals surface area contributed by atoms with E-state index in [-0.39, 0.29) is 18.6 Å². The van der Waals surface area contributed by atoms with Crippen LogP contribution in [0.25, 0.3) is 11.0 Å². The maximum atomic E-state index is 12.5. The molecular formula is C16H12F3N3O2. The summed E-state index contributed by atoms with van der Waals surface area (Å²) in [4.78, 5) is 8.05. The van der Waals surface area contributed by atoms with Gasteiger partial charge in [-0.15, -0.1) is 0 Å². The van der Waals surface area contributed by atoms with Crippen LogP contribution in [0.1, 0.15) is 5.56 Å². The molecule has 1 aromatic carbocycles. The largest absolute Gasteiger partial charge is 0.474 e. The van der Waals surface area contributed by atoms with Crippen LogP contribution in [0.2, 0.25) is 0 Å². The van der Waals surface area contributed by atoms with Crippen molar-refractivity contribution in [2.45, 2.75) is 18.8 Å². The molecule has 0 saturated carbocycles. The number of aromatic nitrogens is 3. The number of nitrogens with zero attached hydrogens (tertiary/aromatic N) is 3. The number of imidazole rings is 1. The summed E-state index contributed by atoms with van der Waals surface area (Å²) >= 11 is 0. The molecule has 0 N–H and O–H groups in total. The molecule has 1 aliphatic heterocycles. The van der Waals surface area contributed by atoms with Crippen LogP contribution in [0.3, 0.4) is 0 Å². The average Bonchev–Trinajstić information content (AvgIpc) is 3.10. The molecule has 1 atom stereocenters. The van der Waals surface area contributed by atoms with Crippen LogP contribution in [0, 0.1) is 0 Å². The van der Waals surface area contributed by atoms with Gasteiger partial charge in [-0.3, -0.25) is 4.57 Å². The smallest absolute Gasteiger partial charge is 0.417 e. The fourth-order valence-electron chi connectivity index (χ4n) is 2.61. The number of para-hydroxylation sites is 2. The molecule has 0 amide bonds. The quantitative estimate of drug-likeness (QED) is 0.737. The van der Waals surface area contributed by atoms with Gasteiger partial charge in [0.2, 0.25) is 5.88 Å². The Labute approximate surface area is 134 Å². The van der Waals surface area contributed by atoms with E-state index in [2.05, 4.69) is 9.97 Å². The molecule has 4 rings (SSSR count). The molecule has 24 heavy (non-hydrogen) atoms. The summed E-state index contributed by atoms with van der Waals surface area (Å²) in [6.07, 6.45) is -3.92. The van der Waals surface area contributed by atoms with Crippen LogP contribution in [-0.2, 0) is 12.7 Å². The van der Waals surface area contributed by atoms with E-state index >= 15 is 0 Å². The van der Waals surface area contributed by atoms with Crippen molar-refractivity contribution in [1.29, 1.82) is 0 Å². The number of hydrogen-bond donors (Lipinski definition) is 0. The van der Waals surface area contributed by atoms with Gasteiger partial charge in [0.25, 0.3) is 6.01 Å². The molecule has 8 heteroatoms. The van der Waals surface area contributed by atoms with E-state index in [1.54, 1.807) is 0 Å². The SMILES string of the molecule is FC(F)(F)c1ccc(OC[C@@H]2Cn3c(nc4ccccc43)O2)nc1. The number of alkyl halides is 3. The highest BCUT2D eigenvalue weighted by molar-refractivity contribution is 5.76. The Balaban J connectivity index is 1.40. The monoisotopic (exact) mass is 335 g/mol. The van der Waals surface area contributed by atoms with Crippen molar-refractivity contribution in [2.75, 3.05) is 6.61 Å². The van der Waals surface area contributed by atoms with Crippen molar-refractivity contribution in [3.8, 4) is 11.9 Å². The summed E-state index contributed by atoms with van der Waals surface area (Å²) in [7, 11) is 0. The number of hydrogen-bond acceptors (Lipinski definition) is 4. The Morgan fingerprint density at radius 2 is 2.04 bits per heavy atom. The predicted molar refractivity (Wildman–Crippen MR) is 78.9 cm³/mol. The van der Waals surface area contributed by atoms with E-state index in [9.17, 15) is 13.2 Å². The van der Waals surface area contributed by atoms with E-state index in [1.165, 1.54) is 6.07 Å². The Kier molecular flexibility index (Phi) is 3.33. The Morgan fingerprint density at radius 1 is 1.21 bits per heavy atom. The minimum absolute atomic E-state index is 0.126. The van der Waals surface area contributed by atoms with E-state index in [0.29, 0.717) is 12.6 Å². The van der Waals surface area contributed by atoms with Gasteiger partial charge in [0.05, 0.1) is 23.1 Å². The molecule has 3 aromatic rings. The van der Waals surface area contributed by atoms with Crippen molar-refractivity contribution >= 4 is 11.0 Å². The second-order valence-electron chi connectivity index (χ2n) is 5.43. The highest BCUT2D eigenvalue weighted by Gasteiger charge is 2.31. The summed E-state index contributed by atoms with van der Waals surface area (Å²) in [5.74, 6) is 0.126. The van der Waals surface area contributed by atoms with Crippen LogP contribution < -0.4 is 9.47 Å². The molecule has 3 heterocycles. The van der Waals surface area contributed by atoms with Gasteiger partial charge in [0, 0.05) is 12.3 Å². The van der Waals surface area contributed by atoms with Gasteiger partial charge in [0.15, 0.2) is 6.10 Å². The van der Waals surface area contributed by atoms with Gasteiger partial charge in [0.1, 0.15) is 6.61 Å². The van der Waals surface area contributed by atoms with E-state index in [0.717, 1.165) is 23.3 Å². The van der Waals surface area contributed by atoms with Crippen molar-refractivity contribution in [1.82, 2.24) is 14.5 Å². The number of benzene rings is 1. The summed E-state index contributed by atoms with van der Waals surface area (Å²) < 4.78 is 50.5. The van der Waals surface area contributed by atoms with Crippen molar-refractivity contribution in [3.05, 3.63) is 48.2 Å². The van der Waals surface area contributed by atoms with Gasteiger partial charge in [-0.05, 0) is 18.2 Å². The first-order valence-corrected chi connectivity index (χ1v) is 7.29. The lowest BCUT2D eigenvalue weighted by molar-refractivity contribution is -0.137. The van der Waals surface area contributed by atoms with E-state index in [1.807, 2.05) is 28.8 Å². The van der Waals surface area contributed by atoms with Crippen molar-refractivity contribution in [3.63, 3.8) is 0 Å². The third-order valence-corrected chi connectivity index (χ3v) is 3.76. The molecule has 0 aliphatic carbocycles. The average molecular weight is 335 g/mol. The summed E-state index contributed by atoms with van der Waals surface area (Å²) in [5, 5.41) is 0. The number of rotatable bonds is 3. The Hall–Kier alpha value is -2.77. The molecule has 124 valence electrons. The third kappa shape index (κ3) is 2.64. The first-order valence-electron chi connectivity index (χ1n) is 7.29. The minimum Gasteiger partial charge on any atom is -0.474 e. The lowest BCUT2D eigenvalue weighted by atomic mass is 10.3. The molecule has 0 spiro atoms. The lowest BCUT2D eigenvalue weighted by Gasteiger charge is -2.11. The van der Waals surface area contributed by atoms with Crippen LogP contribution >= 0.6 is 0 Å². The lowest BCUT2D eigenvalue weighted by Crippen LogP contribution is -2.24. The van der Waals surface area contributed by atoms with Gasteiger partial charge >= 0.3 is 6.18 Å². The molecule has 0 saturated heterocycles. The van der Waals surface area contributed by atoms with Gasteiger partial charge in [-0.25, -0.2) is 4.98 Å². The third-order valence-electron chi connectivity index (χ3n) is 3.76. The number of pyridine rings is 1. The maximum absolute atomic E-state index is 12.5. The van der Waals surface area contributed by atoms with Crippen LogP contribution in [0.4, 0.5) is 13.2 Å². The zero-order valence-corrected chi connectivity index (χ0v) is 12.3. The van der Waals surface area contributed by atoms with E-state index < -0.39 is 11.7 Å². The first-order chi connectivity index (χ1) is 11.5. The van der Waals surface area contributed by atoms with Crippen LogP contribution in [-0.4, -0.2) is 27.2 Å². The number of fused-ring (bicyclic) bond motifs is 3. The summed E-state index contributed by atoms with van der Waals surface area (Å²) in [6.45, 7) is 0.743. The highest BCUT2D eigenvalue weighted by atomic mass is 19.4. The first kappa shape index (κ1) is 14.8. The van der Waals surface area contributed by atoms with E-state index in [4.69, 9.17) is 9.47 Å². The molecule has 0 radical (unpaired) electrons. The van der Waals surface area contributed by atoms with Crippen molar-refractivity contribution < 1.29 is 22.6 Å². The summed E-state index contributed by atoms with van der Waals surface area (Å²) in [5.41, 5.74) is 1.03. The Bertz CT molecular complexity index is 874. The maximum Gasteiger partial charge on any atom is 0.417 e. The molecule has 1 aliphatic rings. The number of ether oxygens (including phenoxy) is 2. The standard InChI is InChI=1S/C16H12F3N3O2/c17-16(18,19)10-5-6-14(20-7-10)23-9-11-8-22-13-4-2-1-3-12(13)21-15(22)24-11/h1-7,11H,8-9H2/t11-/m0/s1. The number of halogens is 3. The summed E-state index contributed by atoms with van der Waals surface area (Å²) in [6, 6.07) is 10.3. The normalized spacial score (nSPS) is 16.9. The topological polar surface area (TPSA) is 49.2 Å². The fraction of sp³-hybridized carbons (Fsp3) is 0.250. The zero-order valence-electron chi connectivity index (χ0n) is 12.3. The van der Waals surface area contributed by atoms with Gasteiger partial charge < -0.3 is 9.47 Å². The van der Waals surface area contributed by atoms with Crippen molar-refractivity contribution in [2.24, 2.45) is 0 Å². The molecule has 0 bridgehead atoms.